The molecular formula is C23H22N2O4. The molecule has 3 aromatic carbocycles. The van der Waals surface area contributed by atoms with Gasteiger partial charge in [0.25, 0.3) is 5.91 Å². The van der Waals surface area contributed by atoms with Crippen molar-refractivity contribution in [3.63, 3.8) is 0 Å². The summed E-state index contributed by atoms with van der Waals surface area (Å²) < 4.78 is 10.6. The Kier molecular flexibility index (Phi) is 6.97. The maximum atomic E-state index is 12.7. The smallest absolute Gasteiger partial charge is 0.257 e. The molecule has 0 saturated heterocycles. The highest BCUT2D eigenvalue weighted by atomic mass is 16.5. The van der Waals surface area contributed by atoms with E-state index in [1.54, 1.807) is 55.6 Å². The number of nitrogens with one attached hydrogen (secondary N) is 2. The van der Waals surface area contributed by atoms with Gasteiger partial charge in [-0.25, -0.2) is 0 Å². The number of benzene rings is 3. The van der Waals surface area contributed by atoms with Crippen LogP contribution in [-0.2, 0) is 16.1 Å². The number of anilines is 2. The Labute approximate surface area is 169 Å². The zero-order valence-corrected chi connectivity index (χ0v) is 16.1. The lowest BCUT2D eigenvalue weighted by Gasteiger charge is -2.12. The Morgan fingerprint density at radius 1 is 0.862 bits per heavy atom. The first-order valence-electron chi connectivity index (χ1n) is 9.11. The van der Waals surface area contributed by atoms with E-state index < -0.39 is 0 Å². The molecule has 0 aliphatic heterocycles. The summed E-state index contributed by atoms with van der Waals surface area (Å²) in [5.74, 6) is -0.0260. The highest BCUT2D eigenvalue weighted by Gasteiger charge is 2.14. The number of para-hydroxylation sites is 1. The molecule has 6 nitrogen and oxygen atoms in total. The summed E-state index contributed by atoms with van der Waals surface area (Å²) in [5, 5.41) is 5.55. The third-order valence-corrected chi connectivity index (χ3v) is 4.12. The normalized spacial score (nSPS) is 10.2. The van der Waals surface area contributed by atoms with Crippen molar-refractivity contribution in [1.29, 1.82) is 0 Å². The zero-order valence-electron chi connectivity index (χ0n) is 16.1. The minimum Gasteiger partial charge on any atom is -0.497 e. The highest BCUT2D eigenvalue weighted by Crippen LogP contribution is 2.20. The second-order valence-electron chi connectivity index (χ2n) is 6.26. The number of carbonyl (C=O) groups excluding carboxylic acids is 2. The average molecular weight is 390 g/mol. The number of methoxy groups -OCH3 is 1. The van der Waals surface area contributed by atoms with Crippen molar-refractivity contribution in [1.82, 2.24) is 0 Å². The summed E-state index contributed by atoms with van der Waals surface area (Å²) in [6.45, 7) is 0.229. The maximum absolute atomic E-state index is 12.7. The Bertz CT molecular complexity index is 973. The summed E-state index contributed by atoms with van der Waals surface area (Å²) in [7, 11) is 1.56. The second-order valence-corrected chi connectivity index (χ2v) is 6.26. The lowest BCUT2D eigenvalue weighted by atomic mass is 10.1. The van der Waals surface area contributed by atoms with Crippen molar-refractivity contribution in [3.8, 4) is 5.75 Å². The van der Waals surface area contributed by atoms with E-state index in [-0.39, 0.29) is 18.4 Å². The van der Waals surface area contributed by atoms with Crippen LogP contribution in [0.3, 0.4) is 0 Å². The minimum absolute atomic E-state index is 0.110. The van der Waals surface area contributed by atoms with E-state index in [4.69, 9.17) is 9.47 Å². The lowest BCUT2D eigenvalue weighted by molar-refractivity contribution is -0.121. The van der Waals surface area contributed by atoms with Crippen LogP contribution < -0.4 is 15.4 Å². The van der Waals surface area contributed by atoms with E-state index >= 15 is 0 Å². The topological polar surface area (TPSA) is 76.7 Å². The Morgan fingerprint density at radius 2 is 1.62 bits per heavy atom. The van der Waals surface area contributed by atoms with Gasteiger partial charge in [-0.15, -0.1) is 0 Å². The number of hydrogen-bond acceptors (Lipinski definition) is 4. The quantitative estimate of drug-likeness (QED) is 0.607. The van der Waals surface area contributed by atoms with Crippen molar-refractivity contribution < 1.29 is 19.1 Å². The van der Waals surface area contributed by atoms with Crippen molar-refractivity contribution in [3.05, 3.63) is 90.0 Å². The zero-order chi connectivity index (χ0) is 20.5. The Morgan fingerprint density at radius 3 is 2.41 bits per heavy atom. The van der Waals surface area contributed by atoms with Crippen LogP contribution in [0, 0.1) is 0 Å². The molecule has 2 N–H and O–H groups in total. The molecular weight excluding hydrogens is 368 g/mol. The van der Waals surface area contributed by atoms with E-state index in [1.165, 1.54) is 0 Å². The van der Waals surface area contributed by atoms with Gasteiger partial charge in [0, 0.05) is 11.8 Å². The third kappa shape index (κ3) is 5.92. The van der Waals surface area contributed by atoms with Crippen LogP contribution in [0.25, 0.3) is 0 Å². The molecule has 0 aliphatic carbocycles. The Balaban J connectivity index is 1.60. The molecule has 2 amide bonds. The van der Waals surface area contributed by atoms with Crippen molar-refractivity contribution in [2.45, 2.75) is 6.61 Å². The molecule has 0 heterocycles. The summed E-state index contributed by atoms with van der Waals surface area (Å²) in [6, 6.07) is 23.5. The van der Waals surface area contributed by atoms with Crippen LogP contribution in [0.1, 0.15) is 15.9 Å². The first kappa shape index (κ1) is 20.1. The van der Waals surface area contributed by atoms with Gasteiger partial charge in [0.1, 0.15) is 12.4 Å². The fraction of sp³-hybridized carbons (Fsp3) is 0.130. The van der Waals surface area contributed by atoms with Gasteiger partial charge in [0.2, 0.25) is 5.91 Å². The average Bonchev–Trinajstić information content (AvgIpc) is 2.75. The first-order valence-corrected chi connectivity index (χ1v) is 9.11. The molecule has 0 unspecified atom stereocenters. The molecule has 29 heavy (non-hydrogen) atoms. The van der Waals surface area contributed by atoms with Gasteiger partial charge < -0.3 is 20.1 Å². The summed E-state index contributed by atoms with van der Waals surface area (Å²) in [6.07, 6.45) is 0. The van der Waals surface area contributed by atoms with E-state index in [2.05, 4.69) is 10.6 Å². The molecule has 0 spiro atoms. The Hall–Kier alpha value is -3.64. The summed E-state index contributed by atoms with van der Waals surface area (Å²) in [5.41, 5.74) is 2.35. The number of amides is 2. The molecule has 0 bridgehead atoms. The molecule has 3 aromatic rings. The molecule has 0 saturated carbocycles. The lowest BCUT2D eigenvalue weighted by Crippen LogP contribution is -2.21. The fourth-order valence-corrected chi connectivity index (χ4v) is 2.71. The fourth-order valence-electron chi connectivity index (χ4n) is 2.71. The first-order chi connectivity index (χ1) is 14.2. The summed E-state index contributed by atoms with van der Waals surface area (Å²) >= 11 is 0. The van der Waals surface area contributed by atoms with E-state index in [0.29, 0.717) is 29.3 Å². The molecule has 0 atom stereocenters. The van der Waals surface area contributed by atoms with Gasteiger partial charge in [-0.3, -0.25) is 9.59 Å². The van der Waals surface area contributed by atoms with Crippen LogP contribution in [0.5, 0.6) is 5.75 Å². The minimum atomic E-state index is -0.334. The second kappa shape index (κ2) is 10.1. The summed E-state index contributed by atoms with van der Waals surface area (Å²) in [4.78, 5) is 24.9. The van der Waals surface area contributed by atoms with Crippen LogP contribution in [0.2, 0.25) is 0 Å². The van der Waals surface area contributed by atoms with Crippen molar-refractivity contribution in [2.24, 2.45) is 0 Å². The van der Waals surface area contributed by atoms with Gasteiger partial charge in [0.15, 0.2) is 0 Å². The maximum Gasteiger partial charge on any atom is 0.257 e. The molecule has 0 radical (unpaired) electrons. The molecule has 148 valence electrons. The largest absolute Gasteiger partial charge is 0.497 e. The van der Waals surface area contributed by atoms with Crippen molar-refractivity contribution >= 4 is 23.2 Å². The number of rotatable bonds is 8. The number of ether oxygens (including phenoxy) is 2. The van der Waals surface area contributed by atoms with E-state index in [1.807, 2.05) is 30.3 Å². The SMILES string of the molecule is COc1cccc(NC(=O)c2ccccc2NC(=O)COCc2ccccc2)c1. The number of hydrogen-bond donors (Lipinski definition) is 2. The van der Waals surface area contributed by atoms with Gasteiger partial charge in [-0.2, -0.15) is 0 Å². The predicted molar refractivity (Wildman–Crippen MR) is 112 cm³/mol. The molecule has 0 aliphatic rings. The van der Waals surface area contributed by atoms with Gasteiger partial charge in [0.05, 0.1) is 25.0 Å². The van der Waals surface area contributed by atoms with Gasteiger partial charge in [-0.05, 0) is 29.8 Å². The van der Waals surface area contributed by atoms with Crippen LogP contribution in [0.15, 0.2) is 78.9 Å². The van der Waals surface area contributed by atoms with Gasteiger partial charge in [-0.1, -0.05) is 48.5 Å². The third-order valence-electron chi connectivity index (χ3n) is 4.12. The van der Waals surface area contributed by atoms with Crippen LogP contribution >= 0.6 is 0 Å². The highest BCUT2D eigenvalue weighted by molar-refractivity contribution is 6.10. The van der Waals surface area contributed by atoms with Crippen molar-refractivity contribution in [2.75, 3.05) is 24.4 Å². The molecule has 6 heteroatoms. The van der Waals surface area contributed by atoms with Crippen LogP contribution in [0.4, 0.5) is 11.4 Å². The van der Waals surface area contributed by atoms with Gasteiger partial charge >= 0.3 is 0 Å². The van der Waals surface area contributed by atoms with E-state index in [9.17, 15) is 9.59 Å². The number of carbonyl (C=O) groups is 2. The molecule has 0 aromatic heterocycles. The standard InChI is InChI=1S/C23H22N2O4/c1-28-19-11-7-10-18(14-19)24-23(27)20-12-5-6-13-21(20)25-22(26)16-29-15-17-8-3-2-4-9-17/h2-14H,15-16H2,1H3,(H,24,27)(H,25,26). The monoisotopic (exact) mass is 390 g/mol. The van der Waals surface area contributed by atoms with E-state index in [0.717, 1.165) is 5.56 Å². The molecule has 3 rings (SSSR count). The predicted octanol–water partition coefficient (Wildman–Crippen LogP) is 4.10. The molecule has 0 fully saturated rings. The van der Waals surface area contributed by atoms with Crippen LogP contribution in [-0.4, -0.2) is 25.5 Å².